The zero-order valence-corrected chi connectivity index (χ0v) is 11.4. The first kappa shape index (κ1) is 12.5. The molecule has 0 saturated heterocycles. The molecule has 0 heterocycles. The molecule has 0 fully saturated rings. The van der Waals surface area contributed by atoms with Crippen molar-refractivity contribution in [3.63, 3.8) is 0 Å². The Morgan fingerprint density at radius 3 is 2.32 bits per heavy atom. The van der Waals surface area contributed by atoms with Gasteiger partial charge >= 0.3 is 0 Å². The molecule has 1 unspecified atom stereocenters. The van der Waals surface area contributed by atoms with Gasteiger partial charge < -0.3 is 0 Å². The molecule has 3 rings (SSSR count). The van der Waals surface area contributed by atoms with Gasteiger partial charge in [0.25, 0.3) is 0 Å². The minimum absolute atomic E-state index is 0.0164. The Labute approximate surface area is 121 Å². The van der Waals surface area contributed by atoms with Gasteiger partial charge in [0.15, 0.2) is 5.78 Å². The van der Waals surface area contributed by atoms with Crippen molar-refractivity contribution in [3.05, 3.63) is 75.8 Å². The van der Waals surface area contributed by atoms with Gasteiger partial charge in [0, 0.05) is 16.2 Å². The number of hydrogen-bond acceptors (Lipinski definition) is 1. The van der Waals surface area contributed by atoms with Crippen molar-refractivity contribution in [2.24, 2.45) is 0 Å². The molecule has 0 bridgehead atoms. The Hall–Kier alpha value is -1.57. The lowest BCUT2D eigenvalue weighted by Gasteiger charge is -2.18. The van der Waals surface area contributed by atoms with Gasteiger partial charge in [0.05, 0.1) is 5.38 Å². The first-order valence-corrected chi connectivity index (χ1v) is 6.74. The molecule has 19 heavy (non-hydrogen) atoms. The Morgan fingerprint density at radius 2 is 1.53 bits per heavy atom. The van der Waals surface area contributed by atoms with Crippen molar-refractivity contribution in [3.8, 4) is 0 Å². The molecule has 3 heteroatoms. The lowest BCUT2D eigenvalue weighted by atomic mass is 9.91. The highest BCUT2D eigenvalue weighted by atomic mass is 35.5. The van der Waals surface area contributed by atoms with Crippen LogP contribution in [0, 0.1) is 0 Å². The standard InChI is InChI=1S/C16H10Cl2O/c17-14-9-10-5-1-2-6-11(10)16(19)13-8-4-3-7-12(13)15(14)18/h1-9,15H/b14-9+. The Balaban J connectivity index is 2.33. The molecule has 2 aromatic carbocycles. The maximum Gasteiger partial charge on any atom is 0.193 e. The number of halogens is 2. The van der Waals surface area contributed by atoms with E-state index in [1.54, 1.807) is 12.1 Å². The highest BCUT2D eigenvalue weighted by Crippen LogP contribution is 2.37. The first-order chi connectivity index (χ1) is 9.18. The number of ketones is 1. The van der Waals surface area contributed by atoms with E-state index in [-0.39, 0.29) is 5.78 Å². The number of carbonyl (C=O) groups is 1. The molecular formula is C16H10Cl2O. The van der Waals surface area contributed by atoms with Crippen LogP contribution in [0.5, 0.6) is 0 Å². The predicted octanol–water partition coefficient (Wildman–Crippen LogP) is 4.79. The molecule has 0 aromatic heterocycles. The third-order valence-corrected chi connectivity index (χ3v) is 4.13. The Bertz CT molecular complexity index is 689. The number of rotatable bonds is 0. The van der Waals surface area contributed by atoms with Crippen molar-refractivity contribution in [1.82, 2.24) is 0 Å². The molecule has 1 aliphatic rings. The number of allylic oxidation sites excluding steroid dienone is 1. The fourth-order valence-corrected chi connectivity index (χ4v) is 2.76. The monoisotopic (exact) mass is 288 g/mol. The summed E-state index contributed by atoms with van der Waals surface area (Å²) in [4.78, 5) is 12.6. The topological polar surface area (TPSA) is 17.1 Å². The average molecular weight is 289 g/mol. The SMILES string of the molecule is O=C1c2ccccc2/C=C(/Cl)C(Cl)c2ccccc21. The zero-order chi connectivity index (χ0) is 13.4. The second kappa shape index (κ2) is 4.84. The van der Waals surface area contributed by atoms with E-state index in [2.05, 4.69) is 0 Å². The van der Waals surface area contributed by atoms with Gasteiger partial charge in [-0.2, -0.15) is 0 Å². The summed E-state index contributed by atoms with van der Waals surface area (Å²) in [5.41, 5.74) is 2.82. The molecule has 1 aliphatic carbocycles. The first-order valence-electron chi connectivity index (χ1n) is 5.92. The van der Waals surface area contributed by atoms with E-state index >= 15 is 0 Å². The van der Waals surface area contributed by atoms with Crippen LogP contribution in [0.25, 0.3) is 6.08 Å². The molecule has 0 aliphatic heterocycles. The summed E-state index contributed by atoms with van der Waals surface area (Å²) < 4.78 is 0. The van der Waals surface area contributed by atoms with Crippen LogP contribution in [0.15, 0.2) is 53.6 Å². The number of hydrogen-bond donors (Lipinski definition) is 0. The summed E-state index contributed by atoms with van der Waals surface area (Å²) in [5, 5.41) is 0.0317. The van der Waals surface area contributed by atoms with Crippen LogP contribution in [0.3, 0.4) is 0 Å². The molecule has 94 valence electrons. The van der Waals surface area contributed by atoms with E-state index in [1.807, 2.05) is 42.5 Å². The van der Waals surface area contributed by atoms with E-state index in [0.717, 1.165) is 11.1 Å². The summed E-state index contributed by atoms with van der Waals surface area (Å²) in [6, 6.07) is 14.7. The Kier molecular flexibility index (Phi) is 3.17. The fourth-order valence-electron chi connectivity index (χ4n) is 2.27. The normalized spacial score (nSPS) is 20.6. The number of benzene rings is 2. The zero-order valence-electron chi connectivity index (χ0n) is 9.94. The lowest BCUT2D eigenvalue weighted by Crippen LogP contribution is -2.10. The molecule has 1 nitrogen and oxygen atoms in total. The molecule has 1 atom stereocenters. The van der Waals surface area contributed by atoms with Crippen LogP contribution in [-0.4, -0.2) is 5.78 Å². The molecular weight excluding hydrogens is 279 g/mol. The van der Waals surface area contributed by atoms with Gasteiger partial charge in [-0.1, -0.05) is 60.1 Å². The van der Waals surface area contributed by atoms with Crippen molar-refractivity contribution < 1.29 is 4.79 Å². The van der Waals surface area contributed by atoms with E-state index in [9.17, 15) is 4.79 Å². The maximum absolute atomic E-state index is 12.6. The summed E-state index contributed by atoms with van der Waals surface area (Å²) in [6.07, 6.45) is 1.77. The van der Waals surface area contributed by atoms with Crippen molar-refractivity contribution >= 4 is 35.1 Å². The van der Waals surface area contributed by atoms with Crippen LogP contribution >= 0.6 is 23.2 Å². The van der Waals surface area contributed by atoms with Gasteiger partial charge in [-0.3, -0.25) is 4.79 Å². The van der Waals surface area contributed by atoms with Crippen LogP contribution < -0.4 is 0 Å². The van der Waals surface area contributed by atoms with Crippen LogP contribution in [-0.2, 0) is 0 Å². The second-order valence-corrected chi connectivity index (χ2v) is 5.27. The molecule has 0 N–H and O–H groups in total. The van der Waals surface area contributed by atoms with E-state index in [4.69, 9.17) is 23.2 Å². The van der Waals surface area contributed by atoms with Crippen molar-refractivity contribution in [2.75, 3.05) is 0 Å². The smallest absolute Gasteiger partial charge is 0.193 e. The average Bonchev–Trinajstić information content (AvgIpc) is 2.45. The third kappa shape index (κ3) is 2.09. The fraction of sp³-hybridized carbons (Fsp3) is 0.0625. The van der Waals surface area contributed by atoms with Gasteiger partial charge in [-0.15, -0.1) is 11.6 Å². The Morgan fingerprint density at radius 1 is 0.895 bits per heavy atom. The van der Waals surface area contributed by atoms with E-state index < -0.39 is 5.38 Å². The van der Waals surface area contributed by atoms with Gasteiger partial charge in [0.2, 0.25) is 0 Å². The lowest BCUT2D eigenvalue weighted by molar-refractivity contribution is 0.103. The summed E-state index contributed by atoms with van der Waals surface area (Å²) >= 11 is 12.6. The maximum atomic E-state index is 12.6. The minimum atomic E-state index is -0.491. The highest BCUT2D eigenvalue weighted by Gasteiger charge is 2.24. The van der Waals surface area contributed by atoms with E-state index in [0.29, 0.717) is 16.2 Å². The van der Waals surface area contributed by atoms with Crippen molar-refractivity contribution in [1.29, 1.82) is 0 Å². The van der Waals surface area contributed by atoms with Gasteiger partial charge in [0.1, 0.15) is 0 Å². The van der Waals surface area contributed by atoms with E-state index in [1.165, 1.54) is 0 Å². The molecule has 0 amide bonds. The van der Waals surface area contributed by atoms with Crippen molar-refractivity contribution in [2.45, 2.75) is 5.38 Å². The molecule has 0 radical (unpaired) electrons. The molecule has 0 spiro atoms. The number of alkyl halides is 1. The largest absolute Gasteiger partial charge is 0.289 e. The van der Waals surface area contributed by atoms with Gasteiger partial charge in [-0.05, 0) is 17.2 Å². The predicted molar refractivity (Wildman–Crippen MR) is 78.7 cm³/mol. The van der Waals surface area contributed by atoms with Crippen LogP contribution in [0.1, 0.15) is 32.4 Å². The summed E-state index contributed by atoms with van der Waals surface area (Å²) in [6.45, 7) is 0. The van der Waals surface area contributed by atoms with Crippen LogP contribution in [0.4, 0.5) is 0 Å². The minimum Gasteiger partial charge on any atom is -0.289 e. The summed E-state index contributed by atoms with van der Waals surface area (Å²) in [5.74, 6) is -0.0164. The summed E-state index contributed by atoms with van der Waals surface area (Å²) in [7, 11) is 0. The third-order valence-electron chi connectivity index (χ3n) is 3.22. The highest BCUT2D eigenvalue weighted by molar-refractivity contribution is 6.39. The number of fused-ring (bicyclic) bond motifs is 2. The molecule has 2 aromatic rings. The molecule has 0 saturated carbocycles. The van der Waals surface area contributed by atoms with Crippen LogP contribution in [0.2, 0.25) is 0 Å². The van der Waals surface area contributed by atoms with Gasteiger partial charge in [-0.25, -0.2) is 0 Å². The number of carbonyl (C=O) groups excluding carboxylic acids is 1. The second-order valence-electron chi connectivity index (χ2n) is 4.40. The quantitative estimate of drug-likeness (QED) is 0.637.